The molecule has 4 rings (SSSR count). The van der Waals surface area contributed by atoms with Gasteiger partial charge in [-0.2, -0.15) is 5.26 Å². The van der Waals surface area contributed by atoms with Gasteiger partial charge >= 0.3 is 5.69 Å². The Morgan fingerprint density at radius 1 is 1.21 bits per heavy atom. The summed E-state index contributed by atoms with van der Waals surface area (Å²) in [5.74, 6) is 0.137. The number of rotatable bonds is 4. The zero-order valence-electron chi connectivity index (χ0n) is 14.4. The van der Waals surface area contributed by atoms with Gasteiger partial charge in [0.15, 0.2) is 5.82 Å². The minimum atomic E-state index is -0.559. The average Bonchev–Trinajstić information content (AvgIpc) is 3.14. The molecule has 0 N–H and O–H groups in total. The van der Waals surface area contributed by atoms with E-state index in [1.54, 1.807) is 12.1 Å². The van der Waals surface area contributed by atoms with Gasteiger partial charge in [0.1, 0.15) is 4.70 Å². The van der Waals surface area contributed by atoms with Gasteiger partial charge < -0.3 is 0 Å². The molecular formula is C19H12ClN5O2S. The van der Waals surface area contributed by atoms with Crippen molar-refractivity contribution in [2.45, 2.75) is 13.0 Å². The highest BCUT2D eigenvalue weighted by Gasteiger charge is 2.19. The maximum Gasteiger partial charge on any atom is 0.337 e. The van der Waals surface area contributed by atoms with Crippen LogP contribution in [-0.2, 0) is 6.54 Å². The normalized spacial score (nSPS) is 10.9. The van der Waals surface area contributed by atoms with Gasteiger partial charge in [-0.25, -0.2) is 14.3 Å². The molecule has 1 aromatic carbocycles. The number of benzene rings is 1. The van der Waals surface area contributed by atoms with Crippen LogP contribution in [0.15, 0.2) is 58.5 Å². The lowest BCUT2D eigenvalue weighted by atomic mass is 10.2. The molecule has 0 amide bonds. The molecule has 3 heterocycles. The highest BCUT2D eigenvalue weighted by atomic mass is 35.5. The molecule has 4 aromatic rings. The van der Waals surface area contributed by atoms with Crippen LogP contribution in [-0.4, -0.2) is 19.1 Å². The van der Waals surface area contributed by atoms with E-state index in [0.29, 0.717) is 15.2 Å². The van der Waals surface area contributed by atoms with Crippen molar-refractivity contribution in [2.75, 3.05) is 0 Å². The smallest absolute Gasteiger partial charge is 0.291 e. The summed E-state index contributed by atoms with van der Waals surface area (Å²) in [5.41, 5.74) is 0.217. The number of hydrogen-bond donors (Lipinski definition) is 0. The summed E-state index contributed by atoms with van der Waals surface area (Å²) in [6, 6.07) is 11.1. The predicted molar refractivity (Wildman–Crippen MR) is 108 cm³/mol. The zero-order valence-corrected chi connectivity index (χ0v) is 15.9. The van der Waals surface area contributed by atoms with Gasteiger partial charge in [0, 0.05) is 34.4 Å². The van der Waals surface area contributed by atoms with E-state index in [1.165, 1.54) is 34.5 Å². The van der Waals surface area contributed by atoms with Gasteiger partial charge in [-0.1, -0.05) is 29.8 Å². The van der Waals surface area contributed by atoms with Gasteiger partial charge in [-0.15, -0.1) is 11.3 Å². The van der Waals surface area contributed by atoms with Crippen LogP contribution in [0.3, 0.4) is 0 Å². The Hall–Kier alpha value is -3.28. The number of fused-ring (bicyclic) bond motifs is 1. The first kappa shape index (κ1) is 18.1. The summed E-state index contributed by atoms with van der Waals surface area (Å²) < 4.78 is 2.79. The van der Waals surface area contributed by atoms with E-state index in [2.05, 4.69) is 9.97 Å². The maximum atomic E-state index is 13.1. The molecule has 0 atom stereocenters. The number of nitrogens with zero attached hydrogens (tertiary/aromatic N) is 5. The second kappa shape index (κ2) is 7.38. The van der Waals surface area contributed by atoms with Gasteiger partial charge in [-0.05, 0) is 12.1 Å². The number of aryl methyl sites for hydroxylation is 1. The summed E-state index contributed by atoms with van der Waals surface area (Å²) in [7, 11) is 0. The van der Waals surface area contributed by atoms with Crippen LogP contribution in [0.4, 0.5) is 0 Å². The van der Waals surface area contributed by atoms with Crippen molar-refractivity contribution in [3.8, 4) is 22.3 Å². The molecule has 0 aliphatic carbocycles. The van der Waals surface area contributed by atoms with Crippen molar-refractivity contribution in [3.05, 3.63) is 74.8 Å². The zero-order chi connectivity index (χ0) is 19.7. The lowest BCUT2D eigenvalue weighted by Crippen LogP contribution is -2.39. The quantitative estimate of drug-likeness (QED) is 0.515. The molecule has 0 saturated carbocycles. The van der Waals surface area contributed by atoms with E-state index in [0.717, 1.165) is 15.0 Å². The number of thiophene rings is 1. The topological polar surface area (TPSA) is 93.6 Å². The van der Waals surface area contributed by atoms with Crippen molar-refractivity contribution in [2.24, 2.45) is 0 Å². The molecule has 7 nitrogen and oxygen atoms in total. The van der Waals surface area contributed by atoms with Crippen molar-refractivity contribution < 1.29 is 0 Å². The molecule has 0 radical (unpaired) electrons. The summed E-state index contributed by atoms with van der Waals surface area (Å²) >= 11 is 7.55. The van der Waals surface area contributed by atoms with Gasteiger partial charge in [0.25, 0.3) is 5.56 Å². The number of hydrogen-bond acceptors (Lipinski definition) is 6. The Kier molecular flexibility index (Phi) is 4.77. The van der Waals surface area contributed by atoms with Crippen LogP contribution in [0.5, 0.6) is 0 Å². The highest BCUT2D eigenvalue weighted by molar-refractivity contribution is 7.22. The van der Waals surface area contributed by atoms with Gasteiger partial charge in [-0.3, -0.25) is 14.3 Å². The molecule has 3 aromatic heterocycles. The SMILES string of the molecule is N#CCCn1c(=O)n(-c2cnccn2)c(=O)c2sc(-c3ccccc3Cl)cc21. The number of halogens is 1. The van der Waals surface area contributed by atoms with Crippen LogP contribution >= 0.6 is 22.9 Å². The second-order valence-corrected chi connectivity index (χ2v) is 7.31. The molecule has 0 aliphatic rings. The number of aromatic nitrogens is 4. The fourth-order valence-corrected chi connectivity index (χ4v) is 4.35. The molecule has 0 bridgehead atoms. The van der Waals surface area contributed by atoms with Crippen LogP contribution in [0, 0.1) is 11.3 Å². The second-order valence-electron chi connectivity index (χ2n) is 5.85. The predicted octanol–water partition coefficient (Wildman–Crippen LogP) is 3.24. The summed E-state index contributed by atoms with van der Waals surface area (Å²) in [5, 5.41) is 9.53. The summed E-state index contributed by atoms with van der Waals surface area (Å²) in [4.78, 5) is 34.9. The Morgan fingerprint density at radius 2 is 2.04 bits per heavy atom. The van der Waals surface area contributed by atoms with E-state index >= 15 is 0 Å². The van der Waals surface area contributed by atoms with Crippen LogP contribution in [0.2, 0.25) is 5.02 Å². The molecule has 0 spiro atoms. The Balaban J connectivity index is 2.06. The van der Waals surface area contributed by atoms with Crippen LogP contribution in [0.1, 0.15) is 6.42 Å². The van der Waals surface area contributed by atoms with Crippen molar-refractivity contribution in [3.63, 3.8) is 0 Å². The third-order valence-electron chi connectivity index (χ3n) is 4.19. The van der Waals surface area contributed by atoms with Crippen LogP contribution in [0.25, 0.3) is 26.5 Å². The summed E-state index contributed by atoms with van der Waals surface area (Å²) in [6.07, 6.45) is 4.35. The van der Waals surface area contributed by atoms with E-state index in [4.69, 9.17) is 16.9 Å². The molecule has 28 heavy (non-hydrogen) atoms. The molecule has 0 aliphatic heterocycles. The largest absolute Gasteiger partial charge is 0.337 e. The average molecular weight is 410 g/mol. The van der Waals surface area contributed by atoms with Crippen molar-refractivity contribution in [1.82, 2.24) is 19.1 Å². The fraction of sp³-hybridized carbons (Fsp3) is 0.105. The molecular weight excluding hydrogens is 398 g/mol. The Labute approximate surface area is 167 Å². The molecule has 138 valence electrons. The van der Waals surface area contributed by atoms with E-state index in [1.807, 2.05) is 24.3 Å². The summed E-state index contributed by atoms with van der Waals surface area (Å²) in [6.45, 7) is 0.158. The molecule has 0 fully saturated rings. The first-order chi connectivity index (χ1) is 13.6. The van der Waals surface area contributed by atoms with Crippen molar-refractivity contribution >= 4 is 33.2 Å². The minimum Gasteiger partial charge on any atom is -0.291 e. The van der Waals surface area contributed by atoms with Crippen LogP contribution < -0.4 is 11.2 Å². The van der Waals surface area contributed by atoms with Gasteiger partial charge in [0.2, 0.25) is 0 Å². The lowest BCUT2D eigenvalue weighted by molar-refractivity contribution is 0.658. The first-order valence-electron chi connectivity index (χ1n) is 8.29. The van der Waals surface area contributed by atoms with E-state index < -0.39 is 11.2 Å². The highest BCUT2D eigenvalue weighted by Crippen LogP contribution is 2.35. The Morgan fingerprint density at radius 3 is 2.75 bits per heavy atom. The number of nitriles is 1. The van der Waals surface area contributed by atoms with E-state index in [-0.39, 0.29) is 18.8 Å². The van der Waals surface area contributed by atoms with Gasteiger partial charge in [0.05, 0.1) is 24.2 Å². The third kappa shape index (κ3) is 3.01. The lowest BCUT2D eigenvalue weighted by Gasteiger charge is -2.09. The Bertz CT molecular complexity index is 1330. The molecule has 9 heteroatoms. The van der Waals surface area contributed by atoms with Crippen molar-refractivity contribution in [1.29, 1.82) is 5.26 Å². The third-order valence-corrected chi connectivity index (χ3v) is 5.66. The molecule has 0 unspecified atom stereocenters. The molecule has 0 saturated heterocycles. The monoisotopic (exact) mass is 409 g/mol. The van der Waals surface area contributed by atoms with E-state index in [9.17, 15) is 9.59 Å². The first-order valence-corrected chi connectivity index (χ1v) is 9.49. The fourth-order valence-electron chi connectivity index (χ4n) is 2.93. The minimum absolute atomic E-state index is 0.130. The maximum absolute atomic E-state index is 13.1. The standard InChI is InChI=1S/C19H12ClN5O2S/c20-13-5-2-1-4-12(13)15-10-14-17(28-15)18(26)25(16-11-22-7-8-23-16)19(27)24(14)9-3-6-21/h1-2,4-5,7-8,10-11H,3,9H2.